The fourth-order valence-electron chi connectivity index (χ4n) is 4.96. The van der Waals surface area contributed by atoms with Crippen molar-refractivity contribution >= 4 is 52.1 Å². The quantitative estimate of drug-likeness (QED) is 0.448. The summed E-state index contributed by atoms with van der Waals surface area (Å²) in [6.45, 7) is 5.14. The van der Waals surface area contributed by atoms with Gasteiger partial charge in [-0.1, -0.05) is 73.6 Å². The summed E-state index contributed by atoms with van der Waals surface area (Å²) in [6.07, 6.45) is 3.73. The van der Waals surface area contributed by atoms with Crippen molar-refractivity contribution in [1.29, 1.82) is 0 Å². The summed E-state index contributed by atoms with van der Waals surface area (Å²) in [5, 5.41) is 10.2. The molecule has 33 heavy (non-hydrogen) atoms. The third-order valence-corrected chi connectivity index (χ3v) is 7.61. The molecule has 2 aromatic rings. The maximum atomic E-state index is 13.3. The number of anilines is 1. The van der Waals surface area contributed by atoms with Gasteiger partial charge in [0.05, 0.1) is 16.8 Å². The lowest BCUT2D eigenvalue weighted by molar-refractivity contribution is -0.119. The lowest BCUT2D eigenvalue weighted by atomic mass is 9.91. The van der Waals surface area contributed by atoms with Gasteiger partial charge in [0.2, 0.25) is 0 Å². The first-order valence-corrected chi connectivity index (χ1v) is 12.5. The van der Waals surface area contributed by atoms with Crippen LogP contribution in [0.2, 0.25) is 15.1 Å². The van der Waals surface area contributed by atoms with E-state index in [0.717, 1.165) is 12.1 Å². The van der Waals surface area contributed by atoms with Crippen LogP contribution >= 0.6 is 34.8 Å². The predicted octanol–water partition coefficient (Wildman–Crippen LogP) is 6.60. The molecule has 2 aromatic carbocycles. The zero-order valence-electron chi connectivity index (χ0n) is 19.1. The lowest BCUT2D eigenvalue weighted by Crippen LogP contribution is -2.46. The van der Waals surface area contributed by atoms with E-state index >= 15 is 0 Å². The van der Waals surface area contributed by atoms with E-state index in [4.69, 9.17) is 39.9 Å². The Hall–Kier alpha value is -1.79. The summed E-state index contributed by atoms with van der Waals surface area (Å²) in [5.41, 5.74) is 5.20. The highest BCUT2D eigenvalue weighted by molar-refractivity contribution is 6.41. The molecular formula is C25H29Cl3N4O. The average Bonchev–Trinajstić information content (AvgIpc) is 3.31. The van der Waals surface area contributed by atoms with Crippen LogP contribution in [0.15, 0.2) is 47.6 Å². The lowest BCUT2D eigenvalue weighted by Gasteiger charge is -2.28. The van der Waals surface area contributed by atoms with Crippen LogP contribution in [-0.4, -0.2) is 30.2 Å². The summed E-state index contributed by atoms with van der Waals surface area (Å²) in [4.78, 5) is 13.3. The van der Waals surface area contributed by atoms with Crippen LogP contribution in [0, 0.1) is 17.8 Å². The zero-order chi connectivity index (χ0) is 23.7. The molecule has 4 atom stereocenters. The van der Waals surface area contributed by atoms with E-state index in [-0.39, 0.29) is 17.9 Å². The minimum atomic E-state index is -0.207. The van der Waals surface area contributed by atoms with Gasteiger partial charge in [0.25, 0.3) is 5.91 Å². The molecule has 0 radical (unpaired) electrons. The topological polar surface area (TPSA) is 47.9 Å². The van der Waals surface area contributed by atoms with E-state index in [1.165, 1.54) is 19.3 Å². The van der Waals surface area contributed by atoms with Crippen LogP contribution in [0.3, 0.4) is 0 Å². The number of rotatable bonds is 6. The number of nitrogens with one attached hydrogen (secondary N) is 1. The number of hydrazine groups is 1. The van der Waals surface area contributed by atoms with E-state index in [1.54, 1.807) is 12.1 Å². The summed E-state index contributed by atoms with van der Waals surface area (Å²) in [7, 11) is 1.92. The predicted molar refractivity (Wildman–Crippen MR) is 137 cm³/mol. The molecule has 1 amide bonds. The summed E-state index contributed by atoms with van der Waals surface area (Å²) in [6, 6.07) is 12.7. The van der Waals surface area contributed by atoms with Crippen molar-refractivity contribution in [3.63, 3.8) is 0 Å². The summed E-state index contributed by atoms with van der Waals surface area (Å²) >= 11 is 18.8. The molecule has 1 fully saturated rings. The monoisotopic (exact) mass is 506 g/mol. The minimum absolute atomic E-state index is 0.170. The molecule has 1 aliphatic carbocycles. The molecule has 2 aliphatic rings. The Morgan fingerprint density at radius 3 is 2.42 bits per heavy atom. The maximum absolute atomic E-state index is 13.3. The molecule has 176 valence electrons. The fraction of sp³-hybridized carbons (Fsp3) is 0.440. The van der Waals surface area contributed by atoms with Gasteiger partial charge in [-0.05, 0) is 54.2 Å². The molecule has 1 aliphatic heterocycles. The van der Waals surface area contributed by atoms with Gasteiger partial charge in [0.1, 0.15) is 5.71 Å². The number of hydrogen-bond donors (Lipinski definition) is 1. The molecule has 0 bridgehead atoms. The molecule has 1 N–H and O–H groups in total. The van der Waals surface area contributed by atoms with Crippen LogP contribution in [0.5, 0.6) is 0 Å². The van der Waals surface area contributed by atoms with Crippen molar-refractivity contribution < 1.29 is 4.79 Å². The van der Waals surface area contributed by atoms with Crippen molar-refractivity contribution in [2.75, 3.05) is 18.6 Å². The Labute approximate surface area is 210 Å². The Bertz CT molecular complexity index is 1040. The summed E-state index contributed by atoms with van der Waals surface area (Å²) in [5.74, 6) is 0.923. The highest BCUT2D eigenvalue weighted by atomic mass is 35.5. The van der Waals surface area contributed by atoms with Crippen LogP contribution < -0.4 is 10.4 Å². The first-order chi connectivity index (χ1) is 15.7. The second kappa shape index (κ2) is 10.2. The normalized spacial score (nSPS) is 24.9. The largest absolute Gasteiger partial charge is 0.284 e. The van der Waals surface area contributed by atoms with Gasteiger partial charge in [-0.2, -0.15) is 5.10 Å². The number of hydrogen-bond acceptors (Lipinski definition) is 4. The van der Waals surface area contributed by atoms with Gasteiger partial charge >= 0.3 is 0 Å². The van der Waals surface area contributed by atoms with Crippen LogP contribution in [0.25, 0.3) is 0 Å². The standard InChI is InChI=1S/C25H29Cl3N4O/c1-15-5-4-6-18(15)14-31(3)30-25(33)23-16(2)24(17-7-9-19(26)10-8-17)32(29-23)22-12-11-20(27)13-21(22)28/h7-13,15-16,18,24H,4-6,14H2,1-3H3,(H,30,33). The number of halogens is 3. The van der Waals surface area contributed by atoms with Crippen molar-refractivity contribution in [1.82, 2.24) is 10.4 Å². The van der Waals surface area contributed by atoms with Crippen molar-refractivity contribution in [3.05, 3.63) is 63.1 Å². The van der Waals surface area contributed by atoms with E-state index in [9.17, 15) is 4.79 Å². The Kier molecular flexibility index (Phi) is 7.54. The van der Waals surface area contributed by atoms with E-state index in [0.29, 0.717) is 38.3 Å². The fourth-order valence-corrected chi connectivity index (χ4v) is 5.59. The van der Waals surface area contributed by atoms with Crippen molar-refractivity contribution in [2.24, 2.45) is 22.9 Å². The Balaban J connectivity index is 1.60. The third-order valence-electron chi connectivity index (χ3n) is 6.82. The van der Waals surface area contributed by atoms with Crippen molar-refractivity contribution in [2.45, 2.75) is 39.2 Å². The Morgan fingerprint density at radius 1 is 1.09 bits per heavy atom. The maximum Gasteiger partial charge on any atom is 0.282 e. The molecular weight excluding hydrogens is 479 g/mol. The van der Waals surface area contributed by atoms with Gasteiger partial charge in [-0.25, -0.2) is 5.01 Å². The number of benzene rings is 2. The van der Waals surface area contributed by atoms with Crippen LogP contribution in [0.4, 0.5) is 5.69 Å². The second-order valence-corrected chi connectivity index (χ2v) is 10.5. The molecule has 4 unspecified atom stereocenters. The van der Waals surface area contributed by atoms with Gasteiger partial charge in [-0.3, -0.25) is 15.2 Å². The third kappa shape index (κ3) is 5.32. The van der Waals surface area contributed by atoms with E-state index in [2.05, 4.69) is 12.3 Å². The van der Waals surface area contributed by atoms with Crippen molar-refractivity contribution in [3.8, 4) is 0 Å². The number of nitrogens with zero attached hydrogens (tertiary/aromatic N) is 3. The minimum Gasteiger partial charge on any atom is -0.284 e. The molecule has 4 rings (SSSR count). The number of amides is 1. The smallest absolute Gasteiger partial charge is 0.282 e. The van der Waals surface area contributed by atoms with Crippen LogP contribution in [-0.2, 0) is 4.79 Å². The molecule has 0 aromatic heterocycles. The molecule has 0 spiro atoms. The van der Waals surface area contributed by atoms with Gasteiger partial charge in [0, 0.05) is 29.6 Å². The molecule has 1 saturated carbocycles. The van der Waals surface area contributed by atoms with Gasteiger partial charge < -0.3 is 0 Å². The number of hydrazone groups is 1. The second-order valence-electron chi connectivity index (χ2n) is 9.20. The van der Waals surface area contributed by atoms with E-state index in [1.807, 2.05) is 54.3 Å². The number of carbonyl (C=O) groups is 1. The van der Waals surface area contributed by atoms with Crippen LogP contribution in [0.1, 0.15) is 44.7 Å². The SMILES string of the molecule is CC1CCCC1CN(C)NC(=O)C1=NN(c2ccc(Cl)cc2Cl)C(c2ccc(Cl)cc2)C1C. The Morgan fingerprint density at radius 2 is 1.79 bits per heavy atom. The molecule has 0 saturated heterocycles. The summed E-state index contributed by atoms with van der Waals surface area (Å²) < 4.78 is 0. The first kappa shape index (κ1) is 24.3. The highest BCUT2D eigenvalue weighted by Gasteiger charge is 2.40. The van der Waals surface area contributed by atoms with Gasteiger partial charge in [-0.15, -0.1) is 0 Å². The van der Waals surface area contributed by atoms with E-state index < -0.39 is 0 Å². The van der Waals surface area contributed by atoms with Gasteiger partial charge in [0.15, 0.2) is 0 Å². The highest BCUT2D eigenvalue weighted by Crippen LogP contribution is 2.42. The number of carbonyl (C=O) groups excluding carboxylic acids is 1. The molecule has 1 heterocycles. The average molecular weight is 508 g/mol. The zero-order valence-corrected chi connectivity index (χ0v) is 21.3. The molecule has 5 nitrogen and oxygen atoms in total. The molecule has 8 heteroatoms. The first-order valence-electron chi connectivity index (χ1n) is 11.3.